The largest absolute Gasteiger partial charge is 0.496 e. The van der Waals surface area contributed by atoms with Gasteiger partial charge >= 0.3 is 0 Å². The molecular weight excluding hydrogens is 516 g/mol. The number of ether oxygens (including phenoxy) is 1. The van der Waals surface area contributed by atoms with Gasteiger partial charge in [0.25, 0.3) is 0 Å². The van der Waals surface area contributed by atoms with Crippen molar-refractivity contribution >= 4 is 67.9 Å². The molecule has 1 aromatic heterocycles. The molecule has 0 saturated carbocycles. The number of hydrogen-bond donors (Lipinski definition) is 1. The van der Waals surface area contributed by atoms with Gasteiger partial charge in [0.1, 0.15) is 17.6 Å². The van der Waals surface area contributed by atoms with E-state index in [4.69, 9.17) is 4.74 Å². The molecule has 0 aliphatic heterocycles. The first-order valence-corrected chi connectivity index (χ1v) is 8.88. The summed E-state index contributed by atoms with van der Waals surface area (Å²) in [5.41, 5.74) is 3.08. The summed E-state index contributed by atoms with van der Waals surface area (Å²) in [6, 6.07) is 13.9. The zero-order valence-electron chi connectivity index (χ0n) is 12.1. The number of imidazole rings is 1. The lowest BCUT2D eigenvalue weighted by molar-refractivity contribution is 0.413. The first-order chi connectivity index (χ1) is 11.1. The molecule has 6 heteroatoms. The van der Waals surface area contributed by atoms with Crippen LogP contribution in [-0.4, -0.2) is 17.1 Å². The molecular formula is C17H11I2N3O. The molecule has 0 amide bonds. The summed E-state index contributed by atoms with van der Waals surface area (Å²) in [5.74, 6) is 1.29. The van der Waals surface area contributed by atoms with Crippen LogP contribution in [0.5, 0.6) is 5.75 Å². The minimum atomic E-state index is 0.469. The number of nitriles is 1. The second-order valence-electron chi connectivity index (χ2n) is 4.78. The molecule has 0 aliphatic rings. The molecule has 0 bridgehead atoms. The predicted octanol–water partition coefficient (Wildman–Crippen LogP) is 4.84. The number of allylic oxidation sites excluding steroid dienone is 1. The van der Waals surface area contributed by atoms with E-state index in [2.05, 4.69) is 61.2 Å². The number of fused-ring (bicyclic) bond motifs is 1. The Morgan fingerprint density at radius 3 is 2.70 bits per heavy atom. The molecule has 0 atom stereocenters. The van der Waals surface area contributed by atoms with E-state index >= 15 is 0 Å². The molecule has 1 N–H and O–H groups in total. The Bertz CT molecular complexity index is 921. The molecule has 0 unspecified atom stereocenters. The number of H-pyrrole nitrogens is 1. The fraction of sp³-hybridized carbons (Fsp3) is 0.0588. The van der Waals surface area contributed by atoms with Crippen molar-refractivity contribution < 1.29 is 4.74 Å². The standard InChI is InChI=1S/C17H11I2N3O/c1-23-16-8-13(19)12(18)7-10(16)6-11(9-20)17-21-14-4-2-3-5-15(14)22-17/h2-8H,1H3,(H,21,22)/b11-6+. The maximum absolute atomic E-state index is 9.53. The Balaban J connectivity index is 2.12. The molecule has 23 heavy (non-hydrogen) atoms. The summed E-state index contributed by atoms with van der Waals surface area (Å²) in [5, 5.41) is 9.53. The van der Waals surface area contributed by atoms with Gasteiger partial charge in [-0.2, -0.15) is 5.26 Å². The van der Waals surface area contributed by atoms with E-state index in [1.54, 1.807) is 13.2 Å². The lowest BCUT2D eigenvalue weighted by Gasteiger charge is -2.07. The molecule has 3 aromatic rings. The van der Waals surface area contributed by atoms with Crippen molar-refractivity contribution in [3.63, 3.8) is 0 Å². The monoisotopic (exact) mass is 527 g/mol. The molecule has 0 spiro atoms. The topological polar surface area (TPSA) is 61.7 Å². The molecule has 3 rings (SSSR count). The Kier molecular flexibility index (Phi) is 4.87. The van der Waals surface area contributed by atoms with Crippen LogP contribution in [0, 0.1) is 18.5 Å². The van der Waals surface area contributed by atoms with Crippen molar-refractivity contribution in [2.24, 2.45) is 0 Å². The van der Waals surface area contributed by atoms with Gasteiger partial charge in [0, 0.05) is 12.7 Å². The van der Waals surface area contributed by atoms with Gasteiger partial charge in [-0.3, -0.25) is 0 Å². The van der Waals surface area contributed by atoms with E-state index in [9.17, 15) is 5.26 Å². The Hall–Kier alpha value is -1.60. The van der Waals surface area contributed by atoms with Crippen molar-refractivity contribution in [1.82, 2.24) is 9.97 Å². The van der Waals surface area contributed by atoms with E-state index in [1.807, 2.05) is 36.4 Å². The number of benzene rings is 2. The van der Waals surface area contributed by atoms with Gasteiger partial charge < -0.3 is 9.72 Å². The zero-order valence-corrected chi connectivity index (χ0v) is 16.4. The number of halogens is 2. The van der Waals surface area contributed by atoms with Crippen LogP contribution in [0.15, 0.2) is 36.4 Å². The molecule has 0 aliphatic carbocycles. The minimum Gasteiger partial charge on any atom is -0.496 e. The van der Waals surface area contributed by atoms with Gasteiger partial charge in [0.2, 0.25) is 0 Å². The van der Waals surface area contributed by atoms with Crippen LogP contribution < -0.4 is 4.74 Å². The van der Waals surface area contributed by atoms with Crippen LogP contribution in [-0.2, 0) is 0 Å². The number of para-hydroxylation sites is 2. The van der Waals surface area contributed by atoms with Crippen molar-refractivity contribution in [2.45, 2.75) is 0 Å². The third-order valence-corrected chi connectivity index (χ3v) is 6.15. The highest BCUT2D eigenvalue weighted by atomic mass is 127. The Morgan fingerprint density at radius 1 is 1.26 bits per heavy atom. The summed E-state index contributed by atoms with van der Waals surface area (Å²) in [6.45, 7) is 0. The molecule has 114 valence electrons. The average Bonchev–Trinajstić information content (AvgIpc) is 2.99. The summed E-state index contributed by atoms with van der Waals surface area (Å²) < 4.78 is 7.65. The van der Waals surface area contributed by atoms with Crippen LogP contribution in [0.4, 0.5) is 0 Å². The zero-order chi connectivity index (χ0) is 16.4. The number of rotatable bonds is 3. The third-order valence-electron chi connectivity index (χ3n) is 3.34. The maximum atomic E-state index is 9.53. The van der Waals surface area contributed by atoms with Gasteiger partial charge in [-0.25, -0.2) is 4.98 Å². The summed E-state index contributed by atoms with van der Waals surface area (Å²) in [4.78, 5) is 7.67. The summed E-state index contributed by atoms with van der Waals surface area (Å²) in [7, 11) is 1.63. The first kappa shape index (κ1) is 16.3. The number of aromatic amines is 1. The van der Waals surface area contributed by atoms with Crippen LogP contribution in [0.2, 0.25) is 0 Å². The second-order valence-corrected chi connectivity index (χ2v) is 7.11. The molecule has 4 nitrogen and oxygen atoms in total. The average molecular weight is 527 g/mol. The molecule has 1 heterocycles. The van der Waals surface area contributed by atoms with Crippen LogP contribution in [0.25, 0.3) is 22.7 Å². The normalized spacial score (nSPS) is 11.5. The number of hydrogen-bond acceptors (Lipinski definition) is 3. The summed E-state index contributed by atoms with van der Waals surface area (Å²) in [6.07, 6.45) is 1.80. The maximum Gasteiger partial charge on any atom is 0.149 e. The van der Waals surface area contributed by atoms with E-state index < -0.39 is 0 Å². The van der Waals surface area contributed by atoms with Crippen molar-refractivity contribution in [3.05, 3.63) is 54.9 Å². The number of aromatic nitrogens is 2. The van der Waals surface area contributed by atoms with Gasteiger partial charge in [-0.1, -0.05) is 12.1 Å². The Labute approximate surface area is 160 Å². The summed E-state index contributed by atoms with van der Waals surface area (Å²) >= 11 is 4.53. The van der Waals surface area contributed by atoms with Crippen molar-refractivity contribution in [3.8, 4) is 11.8 Å². The van der Waals surface area contributed by atoms with E-state index in [-0.39, 0.29) is 0 Å². The van der Waals surface area contributed by atoms with Gasteiger partial charge in [0.15, 0.2) is 0 Å². The van der Waals surface area contributed by atoms with Crippen molar-refractivity contribution in [2.75, 3.05) is 7.11 Å². The predicted molar refractivity (Wildman–Crippen MR) is 108 cm³/mol. The molecule has 0 radical (unpaired) electrons. The van der Waals surface area contributed by atoms with E-state index in [0.717, 1.165) is 29.5 Å². The molecule has 0 fully saturated rings. The lowest BCUT2D eigenvalue weighted by Crippen LogP contribution is -1.92. The van der Waals surface area contributed by atoms with Crippen LogP contribution in [0.1, 0.15) is 11.4 Å². The van der Waals surface area contributed by atoms with Gasteiger partial charge in [-0.15, -0.1) is 0 Å². The van der Waals surface area contributed by atoms with Crippen LogP contribution in [0.3, 0.4) is 0 Å². The Morgan fingerprint density at radius 2 is 2.00 bits per heavy atom. The van der Waals surface area contributed by atoms with Gasteiger partial charge in [0.05, 0.1) is 23.7 Å². The van der Waals surface area contributed by atoms with E-state index in [0.29, 0.717) is 11.4 Å². The number of methoxy groups -OCH3 is 1. The first-order valence-electron chi connectivity index (χ1n) is 6.72. The van der Waals surface area contributed by atoms with Gasteiger partial charge in [-0.05, 0) is 75.5 Å². The number of nitrogens with zero attached hydrogens (tertiary/aromatic N) is 2. The van der Waals surface area contributed by atoms with Crippen LogP contribution >= 0.6 is 45.2 Å². The third kappa shape index (κ3) is 3.35. The SMILES string of the molecule is COc1cc(I)c(I)cc1/C=C(\C#N)c1nc2ccccc2[nH]1. The molecule has 2 aromatic carbocycles. The highest BCUT2D eigenvalue weighted by Crippen LogP contribution is 2.29. The fourth-order valence-electron chi connectivity index (χ4n) is 2.22. The van der Waals surface area contributed by atoms with Crippen molar-refractivity contribution in [1.29, 1.82) is 5.26 Å². The highest BCUT2D eigenvalue weighted by Gasteiger charge is 2.11. The quantitative estimate of drug-likeness (QED) is 0.392. The number of nitrogens with one attached hydrogen (secondary N) is 1. The highest BCUT2D eigenvalue weighted by molar-refractivity contribution is 14.1. The second kappa shape index (κ2) is 6.88. The smallest absolute Gasteiger partial charge is 0.149 e. The minimum absolute atomic E-state index is 0.469. The molecule has 0 saturated heterocycles. The van der Waals surface area contributed by atoms with E-state index in [1.165, 1.54) is 0 Å². The lowest BCUT2D eigenvalue weighted by atomic mass is 10.1. The fourth-order valence-corrected chi connectivity index (χ4v) is 3.15.